The van der Waals surface area contributed by atoms with Gasteiger partial charge < -0.3 is 24.8 Å². The number of rotatable bonds is 8. The number of carbonyl (C=O) groups excluding carboxylic acids is 2. The van der Waals surface area contributed by atoms with Crippen molar-refractivity contribution in [2.24, 2.45) is 0 Å². The van der Waals surface area contributed by atoms with Crippen LogP contribution < -0.4 is 20.1 Å². The van der Waals surface area contributed by atoms with Crippen molar-refractivity contribution in [1.82, 2.24) is 0 Å². The van der Waals surface area contributed by atoms with Gasteiger partial charge in [0.1, 0.15) is 11.5 Å². The topological polar surface area (TPSA) is 85.9 Å². The van der Waals surface area contributed by atoms with Gasteiger partial charge in [0.15, 0.2) is 0 Å². The van der Waals surface area contributed by atoms with Crippen molar-refractivity contribution in [2.75, 3.05) is 38.5 Å². The highest BCUT2D eigenvalue weighted by molar-refractivity contribution is 6.33. The van der Waals surface area contributed by atoms with Gasteiger partial charge in [0.05, 0.1) is 43.3 Å². The molecule has 0 heterocycles. The summed E-state index contributed by atoms with van der Waals surface area (Å²) in [5.74, 6) is 0.474. The summed E-state index contributed by atoms with van der Waals surface area (Å²) in [7, 11) is 4.38. The lowest BCUT2D eigenvalue weighted by molar-refractivity contribution is -0.116. The molecule has 0 atom stereocenters. The third-order valence-corrected chi connectivity index (χ3v) is 4.07. The molecule has 2 aromatic rings. The number of carbonyl (C=O) groups is 2. The molecule has 0 aromatic heterocycles. The fraction of sp³-hybridized carbons (Fsp3) is 0.263. The predicted octanol–water partition coefficient (Wildman–Crippen LogP) is 3.58. The summed E-state index contributed by atoms with van der Waals surface area (Å²) in [6.07, 6.45) is 0.188. The number of hydrogen-bond acceptors (Lipinski definition) is 6. The van der Waals surface area contributed by atoms with E-state index in [0.717, 1.165) is 0 Å². The zero-order valence-electron chi connectivity index (χ0n) is 15.3. The van der Waals surface area contributed by atoms with Gasteiger partial charge in [-0.2, -0.15) is 0 Å². The Bertz CT molecular complexity index is 826. The Kier molecular flexibility index (Phi) is 7.31. The molecule has 2 aromatic carbocycles. The molecule has 0 saturated heterocycles. The van der Waals surface area contributed by atoms with E-state index in [1.54, 1.807) is 43.5 Å². The van der Waals surface area contributed by atoms with Gasteiger partial charge >= 0.3 is 5.97 Å². The maximum Gasteiger partial charge on any atom is 0.337 e. The fourth-order valence-corrected chi connectivity index (χ4v) is 2.52. The zero-order valence-corrected chi connectivity index (χ0v) is 16.1. The Labute approximate surface area is 162 Å². The number of amides is 1. The minimum absolute atomic E-state index is 0.188. The van der Waals surface area contributed by atoms with Crippen molar-refractivity contribution in [3.05, 3.63) is 47.0 Å². The monoisotopic (exact) mass is 392 g/mol. The summed E-state index contributed by atoms with van der Waals surface area (Å²) >= 11 is 6.11. The maximum absolute atomic E-state index is 12.2. The lowest BCUT2D eigenvalue weighted by atomic mass is 10.2. The molecule has 8 heteroatoms. The molecule has 2 N–H and O–H groups in total. The summed E-state index contributed by atoms with van der Waals surface area (Å²) in [6.45, 7) is 0.328. The Hall–Kier alpha value is -2.93. The second kappa shape index (κ2) is 9.68. The van der Waals surface area contributed by atoms with Crippen molar-refractivity contribution in [2.45, 2.75) is 6.42 Å². The largest absolute Gasteiger partial charge is 0.497 e. The number of anilines is 2. The van der Waals surface area contributed by atoms with E-state index >= 15 is 0 Å². The van der Waals surface area contributed by atoms with E-state index in [1.807, 2.05) is 0 Å². The Balaban J connectivity index is 1.94. The second-order valence-corrected chi connectivity index (χ2v) is 5.88. The number of hydrogen-bond donors (Lipinski definition) is 2. The zero-order chi connectivity index (χ0) is 19.8. The molecule has 0 aliphatic rings. The molecule has 0 spiro atoms. The summed E-state index contributed by atoms with van der Waals surface area (Å²) in [5.41, 5.74) is 1.47. The Morgan fingerprint density at radius 3 is 2.44 bits per heavy atom. The van der Waals surface area contributed by atoms with E-state index in [9.17, 15) is 9.59 Å². The number of benzene rings is 2. The van der Waals surface area contributed by atoms with Gasteiger partial charge in [0, 0.05) is 19.0 Å². The first kappa shape index (κ1) is 20.4. The van der Waals surface area contributed by atoms with E-state index in [1.165, 1.54) is 14.2 Å². The standard InChI is InChI=1S/C19H21ClN2O5/c1-25-13-5-7-15(17(11-13)26-2)22-18(23)8-9-21-16-10-12(19(24)27-3)4-6-14(16)20/h4-7,10-11,21H,8-9H2,1-3H3,(H,22,23). The van der Waals surface area contributed by atoms with Crippen LogP contribution in [0, 0.1) is 0 Å². The van der Waals surface area contributed by atoms with Gasteiger partial charge in [0.25, 0.3) is 0 Å². The first-order valence-electron chi connectivity index (χ1n) is 8.12. The Morgan fingerprint density at radius 1 is 1.00 bits per heavy atom. The summed E-state index contributed by atoms with van der Waals surface area (Å²) in [6, 6.07) is 9.87. The minimum atomic E-state index is -0.459. The fourth-order valence-electron chi connectivity index (χ4n) is 2.33. The van der Waals surface area contributed by atoms with Crippen LogP contribution in [0.1, 0.15) is 16.8 Å². The number of esters is 1. The van der Waals surface area contributed by atoms with Crippen LogP contribution in [0.4, 0.5) is 11.4 Å². The van der Waals surface area contributed by atoms with Gasteiger partial charge in [-0.15, -0.1) is 0 Å². The number of nitrogens with one attached hydrogen (secondary N) is 2. The molecule has 0 unspecified atom stereocenters. The molecule has 2 rings (SSSR count). The average molecular weight is 393 g/mol. The molecule has 0 aliphatic carbocycles. The Morgan fingerprint density at radius 2 is 1.78 bits per heavy atom. The number of halogens is 1. The van der Waals surface area contributed by atoms with E-state index in [-0.39, 0.29) is 12.3 Å². The van der Waals surface area contributed by atoms with Crippen LogP contribution in [0.2, 0.25) is 5.02 Å². The van der Waals surface area contributed by atoms with E-state index in [2.05, 4.69) is 15.4 Å². The van der Waals surface area contributed by atoms with Gasteiger partial charge in [-0.05, 0) is 30.3 Å². The quantitative estimate of drug-likeness (QED) is 0.668. The van der Waals surface area contributed by atoms with Gasteiger partial charge in [-0.3, -0.25) is 4.79 Å². The highest BCUT2D eigenvalue weighted by Crippen LogP contribution is 2.29. The van der Waals surface area contributed by atoms with Crippen LogP contribution in [0.25, 0.3) is 0 Å². The normalized spacial score (nSPS) is 10.1. The smallest absolute Gasteiger partial charge is 0.337 e. The van der Waals surface area contributed by atoms with Crippen LogP contribution >= 0.6 is 11.6 Å². The van der Waals surface area contributed by atoms with Crippen molar-refractivity contribution in [3.63, 3.8) is 0 Å². The lowest BCUT2D eigenvalue weighted by Gasteiger charge is -2.13. The van der Waals surface area contributed by atoms with Crippen molar-refractivity contribution in [3.8, 4) is 11.5 Å². The second-order valence-electron chi connectivity index (χ2n) is 5.48. The van der Waals surface area contributed by atoms with Crippen LogP contribution in [-0.2, 0) is 9.53 Å². The molecule has 1 amide bonds. The van der Waals surface area contributed by atoms with Crippen LogP contribution in [0.3, 0.4) is 0 Å². The average Bonchev–Trinajstić information content (AvgIpc) is 2.69. The minimum Gasteiger partial charge on any atom is -0.497 e. The molecule has 27 heavy (non-hydrogen) atoms. The first-order valence-corrected chi connectivity index (χ1v) is 8.50. The van der Waals surface area contributed by atoms with E-state index in [4.69, 9.17) is 21.1 Å². The van der Waals surface area contributed by atoms with Gasteiger partial charge in [-0.25, -0.2) is 4.79 Å². The number of ether oxygens (including phenoxy) is 3. The van der Waals surface area contributed by atoms with Crippen molar-refractivity contribution in [1.29, 1.82) is 0 Å². The molecule has 144 valence electrons. The van der Waals surface area contributed by atoms with E-state index in [0.29, 0.717) is 40.0 Å². The molecule has 0 radical (unpaired) electrons. The van der Waals surface area contributed by atoms with Crippen molar-refractivity contribution < 1.29 is 23.8 Å². The van der Waals surface area contributed by atoms with Crippen molar-refractivity contribution >= 4 is 34.9 Å². The summed E-state index contributed by atoms with van der Waals surface area (Å²) in [4.78, 5) is 23.8. The molecule has 0 bridgehead atoms. The molecule has 0 fully saturated rings. The molecule has 0 saturated carbocycles. The highest BCUT2D eigenvalue weighted by atomic mass is 35.5. The number of methoxy groups -OCH3 is 3. The predicted molar refractivity (Wildman–Crippen MR) is 104 cm³/mol. The van der Waals surface area contributed by atoms with E-state index < -0.39 is 5.97 Å². The first-order chi connectivity index (χ1) is 13.0. The lowest BCUT2D eigenvalue weighted by Crippen LogP contribution is -2.17. The third kappa shape index (κ3) is 5.52. The van der Waals surface area contributed by atoms with Gasteiger partial charge in [-0.1, -0.05) is 11.6 Å². The SMILES string of the molecule is COC(=O)c1ccc(Cl)c(NCCC(=O)Nc2ccc(OC)cc2OC)c1. The van der Waals surface area contributed by atoms with Crippen LogP contribution in [-0.4, -0.2) is 39.8 Å². The molecular weight excluding hydrogens is 372 g/mol. The summed E-state index contributed by atoms with van der Waals surface area (Å²) in [5, 5.41) is 6.27. The molecule has 7 nitrogen and oxygen atoms in total. The van der Waals surface area contributed by atoms with Crippen LogP contribution in [0.5, 0.6) is 11.5 Å². The molecule has 0 aliphatic heterocycles. The maximum atomic E-state index is 12.2. The summed E-state index contributed by atoms with van der Waals surface area (Å²) < 4.78 is 15.1. The van der Waals surface area contributed by atoms with Gasteiger partial charge in [0.2, 0.25) is 5.91 Å². The highest BCUT2D eigenvalue weighted by Gasteiger charge is 2.11. The third-order valence-electron chi connectivity index (χ3n) is 3.74. The molecular formula is C19H21ClN2O5. The van der Waals surface area contributed by atoms with Crippen LogP contribution in [0.15, 0.2) is 36.4 Å².